The molecule has 6 nitrogen and oxygen atoms in total. The largest absolute Gasteiger partial charge is 0.556 e. The van der Waals surface area contributed by atoms with E-state index in [1.807, 2.05) is 0 Å². The fourth-order valence-electron chi connectivity index (χ4n) is 0.983. The molecule has 0 aliphatic carbocycles. The average molecular weight is 232 g/mol. The molecule has 2 aromatic rings. The molecule has 0 radical (unpaired) electrons. The van der Waals surface area contributed by atoms with E-state index in [0.717, 1.165) is 0 Å². The van der Waals surface area contributed by atoms with Crippen molar-refractivity contribution in [2.24, 2.45) is 0 Å². The monoisotopic (exact) mass is 232 g/mol. The second kappa shape index (κ2) is 5.45. The second-order valence-electron chi connectivity index (χ2n) is 2.85. The zero-order valence-corrected chi connectivity index (χ0v) is 8.65. The lowest BCUT2D eigenvalue weighted by molar-refractivity contribution is -0.161. The molecule has 2 heterocycles. The van der Waals surface area contributed by atoms with E-state index >= 15 is 0 Å². The second-order valence-corrected chi connectivity index (χ2v) is 2.85. The van der Waals surface area contributed by atoms with Gasteiger partial charge in [-0.1, -0.05) is 12.1 Å². The van der Waals surface area contributed by atoms with Crippen molar-refractivity contribution in [2.75, 3.05) is 0 Å². The number of hydrogen-bond donors (Lipinski definition) is 0. The van der Waals surface area contributed by atoms with Gasteiger partial charge in [0.1, 0.15) is 0 Å². The minimum absolute atomic E-state index is 0.127. The van der Waals surface area contributed by atoms with Gasteiger partial charge in [0.15, 0.2) is 0 Å². The Balaban J connectivity index is 1.83. The van der Waals surface area contributed by atoms with Crippen LogP contribution >= 0.6 is 0 Å². The van der Waals surface area contributed by atoms with Gasteiger partial charge in [-0.25, -0.2) is 14.9 Å². The molecule has 0 spiro atoms. The van der Waals surface area contributed by atoms with Crippen LogP contribution in [0.4, 0.5) is 4.79 Å². The summed E-state index contributed by atoms with van der Waals surface area (Å²) in [6, 6.07) is 9.82. The highest BCUT2D eigenvalue weighted by Gasteiger charge is 2.09. The van der Waals surface area contributed by atoms with Gasteiger partial charge >= 0.3 is 6.16 Å². The first-order chi connectivity index (χ1) is 8.34. The number of carbonyl (C=O) groups excluding carboxylic acids is 1. The molecule has 86 valence electrons. The van der Waals surface area contributed by atoms with Crippen LogP contribution in [0.5, 0.6) is 11.8 Å². The fourth-order valence-corrected chi connectivity index (χ4v) is 0.983. The van der Waals surface area contributed by atoms with Gasteiger partial charge in [0.2, 0.25) is 5.88 Å². The highest BCUT2D eigenvalue weighted by Crippen LogP contribution is 2.07. The quantitative estimate of drug-likeness (QED) is 0.458. The Bertz CT molecular complexity index is 475. The van der Waals surface area contributed by atoms with Gasteiger partial charge in [-0.3, -0.25) is 4.89 Å². The van der Waals surface area contributed by atoms with E-state index in [-0.39, 0.29) is 11.8 Å². The number of aromatic nitrogens is 2. The molecule has 0 fully saturated rings. The first-order valence-corrected chi connectivity index (χ1v) is 4.73. The lowest BCUT2D eigenvalue weighted by Gasteiger charge is -2.02. The third kappa shape index (κ3) is 3.45. The summed E-state index contributed by atoms with van der Waals surface area (Å²) >= 11 is 0. The SMILES string of the molecule is O=C(OOc1ccccn1)Oc1ccccn1. The summed E-state index contributed by atoms with van der Waals surface area (Å²) in [5, 5.41) is 0. The molecule has 0 amide bonds. The molecule has 0 aliphatic rings. The van der Waals surface area contributed by atoms with Gasteiger partial charge < -0.3 is 4.74 Å². The first-order valence-electron chi connectivity index (χ1n) is 4.73. The van der Waals surface area contributed by atoms with Gasteiger partial charge in [-0.2, -0.15) is 4.79 Å². The van der Waals surface area contributed by atoms with Crippen LogP contribution in [-0.4, -0.2) is 16.1 Å². The molecule has 0 atom stereocenters. The zero-order chi connectivity index (χ0) is 11.9. The van der Waals surface area contributed by atoms with E-state index in [2.05, 4.69) is 19.7 Å². The summed E-state index contributed by atoms with van der Waals surface area (Å²) < 4.78 is 4.71. The Morgan fingerprint density at radius 2 is 1.59 bits per heavy atom. The summed E-state index contributed by atoms with van der Waals surface area (Å²) in [5.41, 5.74) is 0. The Morgan fingerprint density at radius 1 is 0.941 bits per heavy atom. The molecular weight excluding hydrogens is 224 g/mol. The van der Waals surface area contributed by atoms with E-state index in [0.29, 0.717) is 0 Å². The Kier molecular flexibility index (Phi) is 3.49. The maximum absolute atomic E-state index is 11.1. The van der Waals surface area contributed by atoms with Crippen molar-refractivity contribution in [1.29, 1.82) is 0 Å². The highest BCUT2D eigenvalue weighted by atomic mass is 17.2. The van der Waals surface area contributed by atoms with Gasteiger partial charge in [0.05, 0.1) is 0 Å². The lowest BCUT2D eigenvalue weighted by atomic mass is 10.5. The summed E-state index contributed by atoms with van der Waals surface area (Å²) in [6.07, 6.45) is 1.97. The van der Waals surface area contributed by atoms with Crippen LogP contribution in [0, 0.1) is 0 Å². The fraction of sp³-hybridized carbons (Fsp3) is 0. The minimum atomic E-state index is -1.02. The number of carbonyl (C=O) groups is 1. The van der Waals surface area contributed by atoms with Crippen molar-refractivity contribution in [1.82, 2.24) is 9.97 Å². The van der Waals surface area contributed by atoms with Crippen LogP contribution in [-0.2, 0) is 4.89 Å². The Hall–Kier alpha value is -2.63. The van der Waals surface area contributed by atoms with E-state index < -0.39 is 6.16 Å². The van der Waals surface area contributed by atoms with Crippen molar-refractivity contribution >= 4 is 6.16 Å². The van der Waals surface area contributed by atoms with Gasteiger partial charge in [-0.05, 0) is 12.1 Å². The molecule has 6 heteroatoms. The topological polar surface area (TPSA) is 70.5 Å². The molecule has 0 aliphatic heterocycles. The van der Waals surface area contributed by atoms with Crippen molar-refractivity contribution in [2.45, 2.75) is 0 Å². The number of hydrogen-bond acceptors (Lipinski definition) is 6. The van der Waals surface area contributed by atoms with Crippen LogP contribution in [0.2, 0.25) is 0 Å². The van der Waals surface area contributed by atoms with Crippen molar-refractivity contribution in [3.63, 3.8) is 0 Å². The first kappa shape index (κ1) is 10.9. The molecule has 0 N–H and O–H groups in total. The van der Waals surface area contributed by atoms with E-state index in [1.54, 1.807) is 24.3 Å². The summed E-state index contributed by atoms with van der Waals surface area (Å²) in [4.78, 5) is 27.7. The standard InChI is InChI=1S/C11H8N2O4/c14-11(15-9-5-1-3-7-12-9)17-16-10-6-2-4-8-13-10/h1-8H. The maximum Gasteiger partial charge on any atom is 0.556 e. The molecule has 0 saturated carbocycles. The zero-order valence-electron chi connectivity index (χ0n) is 8.65. The molecular formula is C11H8N2O4. The van der Waals surface area contributed by atoms with Gasteiger partial charge in [0.25, 0.3) is 5.88 Å². The Labute approximate surface area is 96.7 Å². The smallest absolute Gasteiger partial charge is 0.373 e. The molecule has 2 rings (SSSR count). The number of ether oxygens (including phenoxy) is 1. The molecule has 2 aromatic heterocycles. The molecule has 0 unspecified atom stereocenters. The minimum Gasteiger partial charge on any atom is -0.373 e. The van der Waals surface area contributed by atoms with E-state index in [1.165, 1.54) is 24.5 Å². The van der Waals surface area contributed by atoms with E-state index in [4.69, 9.17) is 4.74 Å². The average Bonchev–Trinajstić information content (AvgIpc) is 2.39. The van der Waals surface area contributed by atoms with Crippen LogP contribution in [0.25, 0.3) is 0 Å². The van der Waals surface area contributed by atoms with Gasteiger partial charge in [0, 0.05) is 24.5 Å². The maximum atomic E-state index is 11.1. The number of nitrogens with zero attached hydrogens (tertiary/aromatic N) is 2. The number of rotatable bonds is 3. The highest BCUT2D eigenvalue weighted by molar-refractivity contribution is 5.62. The lowest BCUT2D eigenvalue weighted by Crippen LogP contribution is -2.14. The predicted octanol–water partition coefficient (Wildman–Crippen LogP) is 1.99. The number of pyridine rings is 2. The third-order valence-electron chi connectivity index (χ3n) is 1.66. The third-order valence-corrected chi connectivity index (χ3v) is 1.66. The molecule has 0 bridgehead atoms. The van der Waals surface area contributed by atoms with Crippen LogP contribution in [0.1, 0.15) is 0 Å². The van der Waals surface area contributed by atoms with Crippen LogP contribution in [0.15, 0.2) is 48.8 Å². The van der Waals surface area contributed by atoms with Crippen molar-refractivity contribution < 1.29 is 19.3 Å². The molecule has 17 heavy (non-hydrogen) atoms. The van der Waals surface area contributed by atoms with Crippen molar-refractivity contribution in [3.8, 4) is 11.8 Å². The summed E-state index contributed by atoms with van der Waals surface area (Å²) in [5.74, 6) is 0.285. The van der Waals surface area contributed by atoms with E-state index in [9.17, 15) is 4.79 Å². The van der Waals surface area contributed by atoms with Gasteiger partial charge in [-0.15, -0.1) is 0 Å². The van der Waals surface area contributed by atoms with Crippen LogP contribution in [0.3, 0.4) is 0 Å². The normalized spacial score (nSPS) is 9.41. The summed E-state index contributed by atoms with van der Waals surface area (Å²) in [7, 11) is 0. The molecule has 0 saturated heterocycles. The summed E-state index contributed by atoms with van der Waals surface area (Å²) in [6.45, 7) is 0. The van der Waals surface area contributed by atoms with Crippen molar-refractivity contribution in [3.05, 3.63) is 48.8 Å². The molecule has 0 aromatic carbocycles. The predicted molar refractivity (Wildman–Crippen MR) is 56.2 cm³/mol. The Morgan fingerprint density at radius 3 is 2.18 bits per heavy atom. The van der Waals surface area contributed by atoms with Crippen LogP contribution < -0.4 is 9.62 Å².